The van der Waals surface area contributed by atoms with Gasteiger partial charge < -0.3 is 14.6 Å². The van der Waals surface area contributed by atoms with E-state index in [2.05, 4.69) is 15.0 Å². The molecule has 2 aliphatic rings. The number of nitrogens with one attached hydrogen (secondary N) is 3. The second-order valence-electron chi connectivity index (χ2n) is 8.87. The maximum atomic E-state index is 14.2. The van der Waals surface area contributed by atoms with Gasteiger partial charge in [0.05, 0.1) is 17.9 Å². The van der Waals surface area contributed by atoms with E-state index >= 15 is 0 Å². The van der Waals surface area contributed by atoms with Gasteiger partial charge in [0.1, 0.15) is 0 Å². The van der Waals surface area contributed by atoms with Crippen molar-refractivity contribution in [1.82, 2.24) is 19.6 Å². The van der Waals surface area contributed by atoms with Crippen molar-refractivity contribution in [3.05, 3.63) is 62.7 Å². The number of unbranched alkanes of at least 4 members (excludes halogenated alkanes) is 2. The van der Waals surface area contributed by atoms with Crippen LogP contribution in [0.3, 0.4) is 0 Å². The maximum absolute atomic E-state index is 14.2. The molecule has 1 aliphatic carbocycles. The van der Waals surface area contributed by atoms with Crippen molar-refractivity contribution in [2.24, 2.45) is 5.92 Å². The molecule has 180 valence electrons. The lowest BCUT2D eigenvalue weighted by Crippen LogP contribution is -2.66. The standard InChI is InChI=1S/C22H29FN4O5S/c23-18-7-6-17(12-19(18)32-13-16-4-5-16)22(14-24-15-22)26-33(30,31)11-3-1-2-9-27-10-8-20(28)25-21(27)29/h6-8,10,12,16,24,26H,1-5,9,11,13-15H2,(H,25,28,29). The molecule has 2 heterocycles. The Hall–Kier alpha value is -2.50. The number of aromatic nitrogens is 2. The summed E-state index contributed by atoms with van der Waals surface area (Å²) in [5.41, 5.74) is -1.07. The van der Waals surface area contributed by atoms with Crippen LogP contribution < -0.4 is 26.0 Å². The molecule has 2 fully saturated rings. The third-order valence-electron chi connectivity index (χ3n) is 6.07. The SMILES string of the molecule is O=c1ccn(CCCCCS(=O)(=O)NC2(c3ccc(F)c(OCC4CC4)c3)CNC2)c(=O)[nH]1. The highest BCUT2D eigenvalue weighted by Gasteiger charge is 2.42. The highest BCUT2D eigenvalue weighted by molar-refractivity contribution is 7.89. The fourth-order valence-electron chi connectivity index (χ4n) is 3.83. The molecule has 0 amide bonds. The number of halogens is 1. The van der Waals surface area contributed by atoms with E-state index in [1.54, 1.807) is 12.1 Å². The zero-order chi connectivity index (χ0) is 23.5. The lowest BCUT2D eigenvalue weighted by atomic mass is 9.85. The second kappa shape index (κ2) is 9.78. The van der Waals surface area contributed by atoms with E-state index < -0.39 is 32.6 Å². The number of rotatable bonds is 12. The molecule has 11 heteroatoms. The summed E-state index contributed by atoms with van der Waals surface area (Å²) in [4.78, 5) is 25.0. The van der Waals surface area contributed by atoms with Crippen molar-refractivity contribution >= 4 is 10.0 Å². The molecule has 1 saturated carbocycles. The Balaban J connectivity index is 1.31. The molecular weight excluding hydrogens is 451 g/mol. The molecule has 33 heavy (non-hydrogen) atoms. The zero-order valence-corrected chi connectivity index (χ0v) is 19.1. The number of H-pyrrole nitrogens is 1. The maximum Gasteiger partial charge on any atom is 0.328 e. The first-order valence-corrected chi connectivity index (χ1v) is 12.9. The summed E-state index contributed by atoms with van der Waals surface area (Å²) >= 11 is 0. The molecule has 0 unspecified atom stereocenters. The minimum absolute atomic E-state index is 0.0541. The number of aromatic amines is 1. The van der Waals surface area contributed by atoms with E-state index in [0.717, 1.165) is 12.8 Å². The van der Waals surface area contributed by atoms with E-state index in [0.29, 0.717) is 57.0 Å². The van der Waals surface area contributed by atoms with Gasteiger partial charge in [-0.2, -0.15) is 0 Å². The first kappa shape index (κ1) is 23.7. The van der Waals surface area contributed by atoms with Crippen molar-refractivity contribution in [2.75, 3.05) is 25.4 Å². The molecule has 3 N–H and O–H groups in total. The Morgan fingerprint density at radius 2 is 1.94 bits per heavy atom. The lowest BCUT2D eigenvalue weighted by Gasteiger charge is -2.43. The van der Waals surface area contributed by atoms with Crippen LogP contribution in [0.25, 0.3) is 0 Å². The van der Waals surface area contributed by atoms with E-state index in [9.17, 15) is 22.4 Å². The number of benzene rings is 1. The largest absolute Gasteiger partial charge is 0.490 e. The Bertz CT molecular complexity index is 1200. The average Bonchev–Trinajstić information content (AvgIpc) is 3.56. The molecule has 0 bridgehead atoms. The second-order valence-corrected chi connectivity index (χ2v) is 10.7. The van der Waals surface area contributed by atoms with Gasteiger partial charge in [0.2, 0.25) is 10.0 Å². The predicted octanol–water partition coefficient (Wildman–Crippen LogP) is 1.05. The van der Waals surface area contributed by atoms with Crippen LogP contribution in [0.5, 0.6) is 5.75 Å². The number of nitrogens with zero attached hydrogens (tertiary/aromatic N) is 1. The molecule has 9 nitrogen and oxygen atoms in total. The van der Waals surface area contributed by atoms with Gasteiger partial charge in [0, 0.05) is 31.9 Å². The van der Waals surface area contributed by atoms with Crippen LogP contribution in [-0.4, -0.2) is 43.4 Å². The molecule has 2 aromatic rings. The quantitative estimate of drug-likeness (QED) is 0.391. The normalized spacial score (nSPS) is 17.5. The molecule has 4 rings (SSSR count). The Morgan fingerprint density at radius 1 is 1.15 bits per heavy atom. The van der Waals surface area contributed by atoms with Crippen molar-refractivity contribution in [2.45, 2.75) is 44.2 Å². The van der Waals surface area contributed by atoms with Gasteiger partial charge in [-0.15, -0.1) is 0 Å². The van der Waals surface area contributed by atoms with Gasteiger partial charge in [0.15, 0.2) is 11.6 Å². The van der Waals surface area contributed by atoms with E-state index in [1.807, 2.05) is 0 Å². The molecule has 1 aromatic heterocycles. The minimum Gasteiger partial charge on any atom is -0.490 e. The number of hydrogen-bond acceptors (Lipinski definition) is 6. The van der Waals surface area contributed by atoms with Crippen LogP contribution in [0, 0.1) is 11.7 Å². The molecule has 1 aromatic carbocycles. The van der Waals surface area contributed by atoms with E-state index in [-0.39, 0.29) is 11.5 Å². The molecular formula is C22H29FN4O5S. The van der Waals surface area contributed by atoms with Crippen molar-refractivity contribution in [1.29, 1.82) is 0 Å². The van der Waals surface area contributed by atoms with Gasteiger partial charge in [-0.25, -0.2) is 22.3 Å². The number of ether oxygens (including phenoxy) is 1. The van der Waals surface area contributed by atoms with Crippen LogP contribution in [0.15, 0.2) is 40.1 Å². The average molecular weight is 481 g/mol. The molecule has 1 saturated heterocycles. The Kier molecular flexibility index (Phi) is 7.01. The Morgan fingerprint density at radius 3 is 2.61 bits per heavy atom. The fraction of sp³-hybridized carbons (Fsp3) is 0.545. The summed E-state index contributed by atoms with van der Waals surface area (Å²) in [6, 6.07) is 5.80. The van der Waals surface area contributed by atoms with Gasteiger partial charge in [0.25, 0.3) is 5.56 Å². The molecule has 0 spiro atoms. The fourth-order valence-corrected chi connectivity index (χ4v) is 5.38. The van der Waals surface area contributed by atoms with Crippen LogP contribution in [-0.2, 0) is 22.1 Å². The van der Waals surface area contributed by atoms with E-state index in [1.165, 1.54) is 22.9 Å². The summed E-state index contributed by atoms with van der Waals surface area (Å²) < 4.78 is 49.5. The molecule has 0 atom stereocenters. The van der Waals surface area contributed by atoms with Gasteiger partial charge in [-0.3, -0.25) is 9.78 Å². The highest BCUT2D eigenvalue weighted by atomic mass is 32.2. The summed E-state index contributed by atoms with van der Waals surface area (Å²) in [7, 11) is -3.59. The number of aryl methyl sites for hydroxylation is 1. The molecule has 1 aliphatic heterocycles. The third-order valence-corrected chi connectivity index (χ3v) is 7.60. The van der Waals surface area contributed by atoms with E-state index in [4.69, 9.17) is 4.74 Å². The van der Waals surface area contributed by atoms with Crippen molar-refractivity contribution in [3.8, 4) is 5.75 Å². The molecule has 0 radical (unpaired) electrons. The van der Waals surface area contributed by atoms with Crippen LogP contribution >= 0.6 is 0 Å². The topological polar surface area (TPSA) is 122 Å². The third kappa shape index (κ3) is 6.10. The summed E-state index contributed by atoms with van der Waals surface area (Å²) in [6.45, 7) is 1.70. The minimum atomic E-state index is -3.59. The zero-order valence-electron chi connectivity index (χ0n) is 18.3. The number of hydrogen-bond donors (Lipinski definition) is 3. The first-order chi connectivity index (χ1) is 15.8. The number of sulfonamides is 1. The summed E-state index contributed by atoms with van der Waals surface area (Å²) in [5.74, 6) is 0.129. The van der Waals surface area contributed by atoms with Crippen molar-refractivity contribution in [3.63, 3.8) is 0 Å². The van der Waals surface area contributed by atoms with Crippen LogP contribution in [0.4, 0.5) is 4.39 Å². The van der Waals surface area contributed by atoms with Gasteiger partial charge >= 0.3 is 5.69 Å². The summed E-state index contributed by atoms with van der Waals surface area (Å²) in [6.07, 6.45) is 5.25. The predicted molar refractivity (Wildman–Crippen MR) is 121 cm³/mol. The van der Waals surface area contributed by atoms with Crippen molar-refractivity contribution < 1.29 is 17.5 Å². The first-order valence-electron chi connectivity index (χ1n) is 11.2. The van der Waals surface area contributed by atoms with Gasteiger partial charge in [-0.05, 0) is 49.3 Å². The Labute approximate surface area is 191 Å². The lowest BCUT2D eigenvalue weighted by molar-refractivity contribution is 0.251. The smallest absolute Gasteiger partial charge is 0.328 e. The summed E-state index contributed by atoms with van der Waals surface area (Å²) in [5, 5.41) is 3.10. The highest BCUT2D eigenvalue weighted by Crippen LogP contribution is 2.33. The monoisotopic (exact) mass is 480 g/mol. The van der Waals surface area contributed by atoms with Crippen LogP contribution in [0.2, 0.25) is 0 Å². The van der Waals surface area contributed by atoms with Gasteiger partial charge in [-0.1, -0.05) is 12.5 Å². The van der Waals surface area contributed by atoms with Crippen LogP contribution in [0.1, 0.15) is 37.7 Å².